The second-order valence-electron chi connectivity index (χ2n) is 5.85. The third-order valence-electron chi connectivity index (χ3n) is 3.67. The maximum Gasteiger partial charge on any atom is 0.259 e. The van der Waals surface area contributed by atoms with Gasteiger partial charge in [0, 0.05) is 11.1 Å². The molecule has 148 valence electrons. The van der Waals surface area contributed by atoms with E-state index < -0.39 is 5.91 Å². The second-order valence-corrected chi connectivity index (χ2v) is 6.63. The van der Waals surface area contributed by atoms with Gasteiger partial charge in [-0.05, 0) is 36.8 Å². The van der Waals surface area contributed by atoms with Crippen molar-refractivity contribution in [2.24, 2.45) is 5.10 Å². The van der Waals surface area contributed by atoms with Crippen molar-refractivity contribution in [2.45, 2.75) is 19.8 Å². The Morgan fingerprint density at radius 2 is 1.89 bits per heavy atom. The van der Waals surface area contributed by atoms with Crippen LogP contribution in [0.1, 0.15) is 35.7 Å². The van der Waals surface area contributed by atoms with Crippen molar-refractivity contribution in [3.8, 4) is 5.75 Å². The maximum atomic E-state index is 12.1. The van der Waals surface area contributed by atoms with E-state index in [0.717, 1.165) is 12.8 Å². The molecule has 0 atom stereocenters. The first kappa shape index (κ1) is 21.7. The van der Waals surface area contributed by atoms with Crippen LogP contribution in [-0.4, -0.2) is 31.2 Å². The first-order valence-electron chi connectivity index (χ1n) is 8.78. The number of ether oxygens (including phenoxy) is 1. The summed E-state index contributed by atoms with van der Waals surface area (Å²) in [6.07, 6.45) is 3.41. The van der Waals surface area contributed by atoms with E-state index in [-0.39, 0.29) is 12.5 Å². The van der Waals surface area contributed by atoms with E-state index in [9.17, 15) is 9.59 Å². The monoisotopic (exact) mass is 421 g/mol. The SMILES string of the molecule is CCCCOc1ccc(C(=O)NCC(=O)N/N=C/c2cccc(Cl)c2Cl)cc1. The number of unbranched alkanes of at least 4 members (excludes halogenated alkanes) is 1. The molecule has 0 aliphatic heterocycles. The van der Waals surface area contributed by atoms with Crippen molar-refractivity contribution in [1.82, 2.24) is 10.7 Å². The minimum atomic E-state index is -0.470. The summed E-state index contributed by atoms with van der Waals surface area (Å²) >= 11 is 11.9. The molecule has 2 aromatic rings. The van der Waals surface area contributed by atoms with Gasteiger partial charge >= 0.3 is 0 Å². The summed E-state index contributed by atoms with van der Waals surface area (Å²) in [5.41, 5.74) is 3.32. The van der Waals surface area contributed by atoms with E-state index in [1.807, 2.05) is 0 Å². The molecule has 28 heavy (non-hydrogen) atoms. The molecule has 2 N–H and O–H groups in total. The molecular formula is C20H21Cl2N3O3. The maximum absolute atomic E-state index is 12.1. The second kappa shape index (κ2) is 11.3. The van der Waals surface area contributed by atoms with E-state index in [1.165, 1.54) is 6.21 Å². The van der Waals surface area contributed by atoms with Gasteiger partial charge in [-0.1, -0.05) is 48.7 Å². The Bertz CT molecular complexity index is 839. The Morgan fingerprint density at radius 3 is 2.61 bits per heavy atom. The summed E-state index contributed by atoms with van der Waals surface area (Å²) < 4.78 is 5.55. The van der Waals surface area contributed by atoms with Gasteiger partial charge in [-0.25, -0.2) is 5.43 Å². The zero-order valence-corrected chi connectivity index (χ0v) is 16.9. The molecule has 0 aliphatic rings. The number of carbonyl (C=O) groups is 2. The lowest BCUT2D eigenvalue weighted by Gasteiger charge is -2.07. The van der Waals surface area contributed by atoms with Gasteiger partial charge in [0.05, 0.1) is 29.4 Å². The number of benzene rings is 2. The van der Waals surface area contributed by atoms with Crippen molar-refractivity contribution in [3.05, 3.63) is 63.6 Å². The first-order chi connectivity index (χ1) is 13.5. The van der Waals surface area contributed by atoms with Crippen molar-refractivity contribution in [1.29, 1.82) is 0 Å². The Morgan fingerprint density at radius 1 is 1.14 bits per heavy atom. The number of hydrogen-bond acceptors (Lipinski definition) is 4. The highest BCUT2D eigenvalue weighted by atomic mass is 35.5. The first-order valence-corrected chi connectivity index (χ1v) is 9.54. The number of amides is 2. The summed E-state index contributed by atoms with van der Waals surface area (Å²) in [4.78, 5) is 23.9. The standard InChI is InChI=1S/C20H21Cl2N3O3/c1-2-3-11-28-16-9-7-14(8-10-16)20(27)23-13-18(26)25-24-12-15-5-4-6-17(21)19(15)22/h4-10,12H,2-3,11,13H2,1H3,(H,23,27)(H,25,26)/b24-12+. The van der Waals surface area contributed by atoms with Crippen molar-refractivity contribution >= 4 is 41.2 Å². The fraction of sp³-hybridized carbons (Fsp3) is 0.250. The molecule has 6 nitrogen and oxygen atoms in total. The van der Waals surface area contributed by atoms with Crippen LogP contribution in [0.3, 0.4) is 0 Å². The topological polar surface area (TPSA) is 79.8 Å². The van der Waals surface area contributed by atoms with Crippen molar-refractivity contribution in [2.75, 3.05) is 13.2 Å². The molecule has 0 saturated carbocycles. The van der Waals surface area contributed by atoms with Gasteiger partial charge in [0.1, 0.15) is 5.75 Å². The highest BCUT2D eigenvalue weighted by Gasteiger charge is 2.08. The number of carbonyl (C=O) groups excluding carboxylic acids is 2. The molecule has 0 radical (unpaired) electrons. The molecular weight excluding hydrogens is 401 g/mol. The number of hydrazone groups is 1. The van der Waals surface area contributed by atoms with Crippen LogP contribution in [0.25, 0.3) is 0 Å². The van der Waals surface area contributed by atoms with Gasteiger partial charge in [0.15, 0.2) is 0 Å². The van der Waals surface area contributed by atoms with Gasteiger partial charge in [-0.2, -0.15) is 5.10 Å². The third kappa shape index (κ3) is 6.87. The average Bonchev–Trinajstić information content (AvgIpc) is 2.70. The normalized spacial score (nSPS) is 10.7. The number of nitrogens with zero attached hydrogens (tertiary/aromatic N) is 1. The van der Waals surface area contributed by atoms with Crippen LogP contribution in [0.2, 0.25) is 10.0 Å². The van der Waals surface area contributed by atoms with E-state index in [1.54, 1.807) is 42.5 Å². The van der Waals surface area contributed by atoms with Gasteiger partial charge in [0.25, 0.3) is 11.8 Å². The summed E-state index contributed by atoms with van der Waals surface area (Å²) in [6, 6.07) is 11.8. The number of halogens is 2. The molecule has 0 bridgehead atoms. The highest BCUT2D eigenvalue weighted by Crippen LogP contribution is 2.24. The number of rotatable bonds is 9. The van der Waals surface area contributed by atoms with E-state index in [4.69, 9.17) is 27.9 Å². The van der Waals surface area contributed by atoms with Gasteiger partial charge in [-0.3, -0.25) is 9.59 Å². The van der Waals surface area contributed by atoms with Gasteiger partial charge in [0.2, 0.25) is 0 Å². The van der Waals surface area contributed by atoms with E-state index in [0.29, 0.717) is 33.5 Å². The summed E-state index contributed by atoms with van der Waals surface area (Å²) in [7, 11) is 0. The molecule has 8 heteroatoms. The molecule has 2 amide bonds. The molecule has 0 heterocycles. The van der Waals surface area contributed by atoms with Crippen LogP contribution >= 0.6 is 23.2 Å². The Kier molecular flexibility index (Phi) is 8.78. The Labute approximate surface area is 173 Å². The van der Waals surface area contributed by atoms with E-state index >= 15 is 0 Å². The van der Waals surface area contributed by atoms with Crippen molar-refractivity contribution < 1.29 is 14.3 Å². The predicted octanol–water partition coefficient (Wildman–Crippen LogP) is 4.05. The van der Waals surface area contributed by atoms with Crippen LogP contribution in [0.5, 0.6) is 5.75 Å². The van der Waals surface area contributed by atoms with Crippen LogP contribution in [0, 0.1) is 0 Å². The molecule has 2 aromatic carbocycles. The lowest BCUT2D eigenvalue weighted by atomic mass is 10.2. The number of hydrogen-bond donors (Lipinski definition) is 2. The number of nitrogens with one attached hydrogen (secondary N) is 2. The molecule has 0 aliphatic carbocycles. The zero-order valence-electron chi connectivity index (χ0n) is 15.4. The Balaban J connectivity index is 1.78. The fourth-order valence-electron chi connectivity index (χ4n) is 2.13. The largest absolute Gasteiger partial charge is 0.494 e. The van der Waals surface area contributed by atoms with Crippen LogP contribution in [-0.2, 0) is 4.79 Å². The minimum Gasteiger partial charge on any atom is -0.494 e. The predicted molar refractivity (Wildman–Crippen MR) is 111 cm³/mol. The average molecular weight is 422 g/mol. The summed E-state index contributed by atoms with van der Waals surface area (Å²) in [6.45, 7) is 2.52. The fourth-order valence-corrected chi connectivity index (χ4v) is 2.49. The highest BCUT2D eigenvalue weighted by molar-refractivity contribution is 6.43. The summed E-state index contributed by atoms with van der Waals surface area (Å²) in [5, 5.41) is 7.07. The molecule has 0 fully saturated rings. The van der Waals surface area contributed by atoms with Crippen LogP contribution in [0.4, 0.5) is 0 Å². The van der Waals surface area contributed by atoms with Gasteiger partial charge < -0.3 is 10.1 Å². The van der Waals surface area contributed by atoms with Gasteiger partial charge in [-0.15, -0.1) is 0 Å². The molecule has 0 unspecified atom stereocenters. The summed E-state index contributed by atoms with van der Waals surface area (Å²) in [5.74, 6) is -0.129. The molecule has 0 spiro atoms. The van der Waals surface area contributed by atoms with E-state index in [2.05, 4.69) is 22.8 Å². The van der Waals surface area contributed by atoms with Crippen LogP contribution in [0.15, 0.2) is 47.6 Å². The molecule has 0 aromatic heterocycles. The smallest absolute Gasteiger partial charge is 0.259 e. The lowest BCUT2D eigenvalue weighted by Crippen LogP contribution is -2.34. The zero-order chi connectivity index (χ0) is 20.4. The Hall–Kier alpha value is -2.57. The minimum absolute atomic E-state index is 0.214. The molecule has 0 saturated heterocycles. The third-order valence-corrected chi connectivity index (χ3v) is 4.50. The molecule has 2 rings (SSSR count). The lowest BCUT2D eigenvalue weighted by molar-refractivity contribution is -0.120. The quantitative estimate of drug-likeness (QED) is 0.364. The van der Waals surface area contributed by atoms with Crippen LogP contribution < -0.4 is 15.5 Å². The van der Waals surface area contributed by atoms with Crippen molar-refractivity contribution in [3.63, 3.8) is 0 Å².